The fraction of sp³-hybridized carbons (Fsp3) is 0.438. The van der Waals surface area contributed by atoms with Crippen molar-refractivity contribution in [2.24, 2.45) is 4.99 Å². The summed E-state index contributed by atoms with van der Waals surface area (Å²) in [4.78, 5) is 8.59. The van der Waals surface area contributed by atoms with Gasteiger partial charge in [0.15, 0.2) is 23.3 Å². The maximum atomic E-state index is 5.39. The third-order valence-electron chi connectivity index (χ3n) is 3.44. The van der Waals surface area contributed by atoms with Crippen molar-refractivity contribution in [1.82, 2.24) is 20.8 Å². The van der Waals surface area contributed by atoms with Crippen LogP contribution in [-0.4, -0.2) is 36.0 Å². The zero-order chi connectivity index (χ0) is 16.8. The molecule has 2 heterocycles. The molecule has 0 bridgehead atoms. The average molecular weight is 459 g/mol. The molecule has 25 heavy (non-hydrogen) atoms. The average Bonchev–Trinajstić information content (AvgIpc) is 3.20. The van der Waals surface area contributed by atoms with E-state index in [4.69, 9.17) is 14.0 Å². The van der Waals surface area contributed by atoms with E-state index in [9.17, 15) is 0 Å². The Balaban J connectivity index is 0.00000225. The molecule has 0 radical (unpaired) electrons. The van der Waals surface area contributed by atoms with Crippen molar-refractivity contribution in [3.8, 4) is 11.5 Å². The lowest BCUT2D eigenvalue weighted by molar-refractivity contribution is 0.174. The minimum absolute atomic E-state index is 0. The molecule has 136 valence electrons. The summed E-state index contributed by atoms with van der Waals surface area (Å²) in [7, 11) is 0. The maximum absolute atomic E-state index is 5.39. The third kappa shape index (κ3) is 5.48. The van der Waals surface area contributed by atoms with Crippen molar-refractivity contribution in [3.05, 3.63) is 35.5 Å². The van der Waals surface area contributed by atoms with E-state index >= 15 is 0 Å². The Bertz CT molecular complexity index is 720. The normalized spacial score (nSPS) is 12.6. The molecule has 3 rings (SSSR count). The van der Waals surface area contributed by atoms with Gasteiger partial charge in [-0.15, -0.1) is 24.0 Å². The van der Waals surface area contributed by atoms with Gasteiger partial charge in [-0.2, -0.15) is 4.98 Å². The SMILES string of the molecule is CCNC(=NCc1noc(C)n1)NCCc1ccc2c(c1)OCO2.I. The standard InChI is InChI=1S/C16H21N5O3.HI/c1-3-17-16(19-9-15-20-11(2)24-21-15)18-7-6-12-4-5-13-14(8-12)23-10-22-13;/h4-5,8H,3,6-7,9-10H2,1-2H3,(H2,17,18,19);1H. The number of hydrogen-bond acceptors (Lipinski definition) is 6. The van der Waals surface area contributed by atoms with E-state index in [0.29, 0.717) is 25.1 Å². The molecule has 0 saturated carbocycles. The van der Waals surface area contributed by atoms with Gasteiger partial charge < -0.3 is 24.6 Å². The molecular weight excluding hydrogens is 437 g/mol. The lowest BCUT2D eigenvalue weighted by atomic mass is 10.1. The molecule has 0 saturated heterocycles. The van der Waals surface area contributed by atoms with E-state index in [1.165, 1.54) is 5.56 Å². The van der Waals surface area contributed by atoms with Crippen LogP contribution >= 0.6 is 24.0 Å². The molecule has 1 aromatic heterocycles. The topological polar surface area (TPSA) is 93.8 Å². The van der Waals surface area contributed by atoms with Gasteiger partial charge in [0.05, 0.1) is 0 Å². The van der Waals surface area contributed by atoms with Gasteiger partial charge in [-0.25, -0.2) is 4.99 Å². The van der Waals surface area contributed by atoms with Crippen molar-refractivity contribution in [2.45, 2.75) is 26.8 Å². The predicted octanol–water partition coefficient (Wildman–Crippen LogP) is 2.02. The highest BCUT2D eigenvalue weighted by atomic mass is 127. The molecule has 2 N–H and O–H groups in total. The molecule has 0 unspecified atom stereocenters. The van der Waals surface area contributed by atoms with E-state index in [2.05, 4.69) is 25.8 Å². The second kappa shape index (κ2) is 9.44. The molecule has 0 fully saturated rings. The van der Waals surface area contributed by atoms with Crippen LogP contribution in [0.1, 0.15) is 24.2 Å². The van der Waals surface area contributed by atoms with Gasteiger partial charge in [-0.1, -0.05) is 11.2 Å². The zero-order valence-corrected chi connectivity index (χ0v) is 16.6. The monoisotopic (exact) mass is 459 g/mol. The Kier molecular flexibility index (Phi) is 7.29. The van der Waals surface area contributed by atoms with Crippen LogP contribution in [0.15, 0.2) is 27.7 Å². The third-order valence-corrected chi connectivity index (χ3v) is 3.44. The Hall–Kier alpha value is -2.04. The first-order valence-corrected chi connectivity index (χ1v) is 7.94. The lowest BCUT2D eigenvalue weighted by Crippen LogP contribution is -2.38. The van der Waals surface area contributed by atoms with Crippen molar-refractivity contribution < 1.29 is 14.0 Å². The number of aryl methyl sites for hydroxylation is 1. The van der Waals surface area contributed by atoms with E-state index < -0.39 is 0 Å². The molecular formula is C16H22IN5O3. The number of ether oxygens (including phenoxy) is 2. The molecule has 1 aromatic carbocycles. The molecule has 1 aliphatic rings. The smallest absolute Gasteiger partial charge is 0.231 e. The van der Waals surface area contributed by atoms with E-state index in [1.54, 1.807) is 6.92 Å². The first-order chi connectivity index (χ1) is 11.7. The first-order valence-electron chi connectivity index (χ1n) is 7.94. The Morgan fingerprint density at radius 1 is 1.24 bits per heavy atom. The quantitative estimate of drug-likeness (QED) is 0.388. The Morgan fingerprint density at radius 3 is 2.84 bits per heavy atom. The summed E-state index contributed by atoms with van der Waals surface area (Å²) >= 11 is 0. The number of hydrogen-bond donors (Lipinski definition) is 2. The van der Waals surface area contributed by atoms with Gasteiger partial charge in [0.1, 0.15) is 6.54 Å². The Morgan fingerprint density at radius 2 is 2.08 bits per heavy atom. The largest absolute Gasteiger partial charge is 0.454 e. The number of nitrogens with zero attached hydrogens (tertiary/aromatic N) is 3. The number of benzene rings is 1. The lowest BCUT2D eigenvalue weighted by Gasteiger charge is -2.11. The second-order valence-corrected chi connectivity index (χ2v) is 5.29. The first kappa shape index (κ1) is 19.3. The summed E-state index contributed by atoms with van der Waals surface area (Å²) in [5.74, 6) is 3.44. The molecule has 0 amide bonds. The number of aliphatic imine (C=N–C) groups is 1. The highest BCUT2D eigenvalue weighted by Gasteiger charge is 2.13. The van der Waals surface area contributed by atoms with Gasteiger partial charge in [0, 0.05) is 20.0 Å². The summed E-state index contributed by atoms with van der Waals surface area (Å²) < 4.78 is 15.6. The molecule has 0 aliphatic carbocycles. The fourth-order valence-corrected chi connectivity index (χ4v) is 2.32. The number of rotatable bonds is 6. The number of nitrogens with one attached hydrogen (secondary N) is 2. The van der Waals surface area contributed by atoms with Crippen LogP contribution in [-0.2, 0) is 13.0 Å². The molecule has 1 aliphatic heterocycles. The minimum atomic E-state index is 0. The van der Waals surface area contributed by atoms with Gasteiger partial charge in [-0.3, -0.25) is 0 Å². The number of aromatic nitrogens is 2. The minimum Gasteiger partial charge on any atom is -0.454 e. The molecule has 2 aromatic rings. The summed E-state index contributed by atoms with van der Waals surface area (Å²) in [5.41, 5.74) is 1.18. The Labute approximate surface area is 163 Å². The van der Waals surface area contributed by atoms with E-state index in [1.807, 2.05) is 25.1 Å². The van der Waals surface area contributed by atoms with Crippen LogP contribution in [0, 0.1) is 6.92 Å². The molecule has 8 nitrogen and oxygen atoms in total. The highest BCUT2D eigenvalue weighted by Crippen LogP contribution is 2.32. The van der Waals surface area contributed by atoms with Crippen molar-refractivity contribution >= 4 is 29.9 Å². The fourth-order valence-electron chi connectivity index (χ4n) is 2.32. The van der Waals surface area contributed by atoms with Crippen molar-refractivity contribution in [2.75, 3.05) is 19.9 Å². The summed E-state index contributed by atoms with van der Waals surface area (Å²) in [6.45, 7) is 5.97. The highest BCUT2D eigenvalue weighted by molar-refractivity contribution is 14.0. The van der Waals surface area contributed by atoms with Crippen LogP contribution in [0.3, 0.4) is 0 Å². The predicted molar refractivity (Wildman–Crippen MR) is 104 cm³/mol. The summed E-state index contributed by atoms with van der Waals surface area (Å²) in [5, 5.41) is 10.3. The zero-order valence-electron chi connectivity index (χ0n) is 14.2. The van der Waals surface area contributed by atoms with Gasteiger partial charge >= 0.3 is 0 Å². The molecule has 0 atom stereocenters. The van der Waals surface area contributed by atoms with Gasteiger partial charge in [-0.05, 0) is 31.0 Å². The maximum Gasteiger partial charge on any atom is 0.231 e. The summed E-state index contributed by atoms with van der Waals surface area (Å²) in [6.07, 6.45) is 0.850. The van der Waals surface area contributed by atoms with Crippen LogP contribution in [0.2, 0.25) is 0 Å². The number of halogens is 1. The van der Waals surface area contributed by atoms with Gasteiger partial charge in [0.2, 0.25) is 12.7 Å². The number of guanidine groups is 1. The van der Waals surface area contributed by atoms with Crippen molar-refractivity contribution in [3.63, 3.8) is 0 Å². The molecule has 0 spiro atoms. The van der Waals surface area contributed by atoms with Crippen LogP contribution in [0.5, 0.6) is 11.5 Å². The van der Waals surface area contributed by atoms with Crippen LogP contribution in [0.4, 0.5) is 0 Å². The second-order valence-electron chi connectivity index (χ2n) is 5.29. The van der Waals surface area contributed by atoms with Crippen molar-refractivity contribution in [1.29, 1.82) is 0 Å². The van der Waals surface area contributed by atoms with E-state index in [0.717, 1.165) is 37.0 Å². The van der Waals surface area contributed by atoms with Gasteiger partial charge in [0.25, 0.3) is 0 Å². The van der Waals surface area contributed by atoms with Crippen LogP contribution < -0.4 is 20.1 Å². The summed E-state index contributed by atoms with van der Waals surface area (Å²) in [6, 6.07) is 5.99. The van der Waals surface area contributed by atoms with Crippen LogP contribution in [0.25, 0.3) is 0 Å². The number of fused-ring (bicyclic) bond motifs is 1. The molecule has 9 heteroatoms. The van der Waals surface area contributed by atoms with E-state index in [-0.39, 0.29) is 24.0 Å².